The van der Waals surface area contributed by atoms with Crippen molar-refractivity contribution in [2.45, 2.75) is 89.6 Å². The maximum absolute atomic E-state index is 8.00. The lowest BCUT2D eigenvalue weighted by atomic mass is 9.84. The predicted octanol–water partition coefficient (Wildman–Crippen LogP) is 4.84. The third-order valence-corrected chi connectivity index (χ3v) is 6.17. The molecule has 0 radical (unpaired) electrons. The monoisotopic (exact) mass is 402 g/mol. The minimum absolute atomic E-state index is 0.101. The first-order chi connectivity index (χ1) is 13.2. The molecule has 0 saturated heterocycles. The average molecular weight is 403 g/mol. The Bertz CT molecular complexity index is 384. The highest BCUT2D eigenvalue weighted by molar-refractivity contribution is 8.14. The van der Waals surface area contributed by atoms with E-state index in [4.69, 9.17) is 19.6 Å². The largest absolute Gasteiger partial charge is 0.381 e. The van der Waals surface area contributed by atoms with Crippen LogP contribution in [0.15, 0.2) is 0 Å². The molecule has 4 atom stereocenters. The molecule has 0 aliphatic heterocycles. The Morgan fingerprint density at radius 3 is 2.22 bits per heavy atom. The van der Waals surface area contributed by atoms with Crippen LogP contribution in [0.1, 0.15) is 72.1 Å². The Kier molecular flexibility index (Phi) is 14.3. The molecule has 1 aliphatic carbocycles. The third-order valence-electron chi connectivity index (χ3n) is 5.02. The van der Waals surface area contributed by atoms with Crippen molar-refractivity contribution >= 4 is 16.9 Å². The van der Waals surface area contributed by atoms with Crippen LogP contribution in [-0.4, -0.2) is 56.1 Å². The fraction of sp³-hybridized carbons (Fsp3) is 0.952. The van der Waals surface area contributed by atoms with E-state index in [9.17, 15) is 0 Å². The normalized spacial score (nSPS) is 25.5. The lowest BCUT2D eigenvalue weighted by molar-refractivity contribution is -0.129. The van der Waals surface area contributed by atoms with Gasteiger partial charge in [-0.05, 0) is 32.1 Å². The van der Waals surface area contributed by atoms with Crippen LogP contribution in [0.3, 0.4) is 0 Å². The van der Waals surface area contributed by atoms with Gasteiger partial charge in [0.1, 0.15) is 0 Å². The highest BCUT2D eigenvalue weighted by Crippen LogP contribution is 2.36. The van der Waals surface area contributed by atoms with Crippen LogP contribution in [0.5, 0.6) is 0 Å². The molecule has 1 aliphatic rings. The average Bonchev–Trinajstić information content (AvgIpc) is 2.67. The lowest BCUT2D eigenvalue weighted by Gasteiger charge is -2.41. The number of thioether (sulfide) groups is 1. The topological polar surface area (TPSA) is 63.6 Å². The van der Waals surface area contributed by atoms with E-state index in [-0.39, 0.29) is 12.2 Å². The van der Waals surface area contributed by atoms with Gasteiger partial charge in [-0.15, -0.1) is 0 Å². The number of hydrogen-bond donors (Lipinski definition) is 2. The minimum atomic E-state index is 0.101. The molecule has 5 nitrogen and oxygen atoms in total. The van der Waals surface area contributed by atoms with Crippen LogP contribution in [0, 0.1) is 11.3 Å². The molecule has 6 heteroatoms. The third kappa shape index (κ3) is 10.2. The Morgan fingerprint density at radius 1 is 0.963 bits per heavy atom. The maximum Gasteiger partial charge on any atom is 0.153 e. The lowest BCUT2D eigenvalue weighted by Crippen LogP contribution is -2.47. The molecule has 0 bridgehead atoms. The van der Waals surface area contributed by atoms with E-state index in [1.807, 2.05) is 7.05 Å². The van der Waals surface area contributed by atoms with Gasteiger partial charge in [-0.25, -0.2) is 0 Å². The molecular weight excluding hydrogens is 360 g/mol. The number of unbranched alkanes of at least 4 members (excludes halogenated alkanes) is 3. The van der Waals surface area contributed by atoms with Crippen molar-refractivity contribution < 1.29 is 14.2 Å². The number of amidine groups is 1. The highest BCUT2D eigenvalue weighted by atomic mass is 32.2. The van der Waals surface area contributed by atoms with Gasteiger partial charge in [0.2, 0.25) is 0 Å². The predicted molar refractivity (Wildman–Crippen MR) is 116 cm³/mol. The second-order valence-corrected chi connectivity index (χ2v) is 8.74. The van der Waals surface area contributed by atoms with E-state index in [0.29, 0.717) is 16.3 Å². The van der Waals surface area contributed by atoms with Crippen LogP contribution < -0.4 is 5.32 Å². The van der Waals surface area contributed by atoms with E-state index >= 15 is 0 Å². The number of ether oxygens (including phenoxy) is 3. The second kappa shape index (κ2) is 15.6. The van der Waals surface area contributed by atoms with Gasteiger partial charge in [-0.3, -0.25) is 5.41 Å². The molecule has 0 amide bonds. The Hall–Kier alpha value is -0.300. The molecule has 2 N–H and O–H groups in total. The maximum atomic E-state index is 8.00. The molecule has 1 rings (SSSR count). The van der Waals surface area contributed by atoms with E-state index in [1.54, 1.807) is 11.8 Å². The van der Waals surface area contributed by atoms with Crippen molar-refractivity contribution in [3.8, 4) is 0 Å². The summed E-state index contributed by atoms with van der Waals surface area (Å²) in [5.41, 5.74) is 0. The number of nitrogens with one attached hydrogen (secondary N) is 2. The molecule has 0 spiro atoms. The van der Waals surface area contributed by atoms with Crippen LogP contribution in [0.4, 0.5) is 0 Å². The summed E-state index contributed by atoms with van der Waals surface area (Å²) < 4.78 is 18.6. The second-order valence-electron chi connectivity index (χ2n) is 7.43. The SMILES string of the molecule is CCCCOC[C@H]1C[C@H](SC(=N)NC)C[C@@H](OCCCC)[C@@H]1OCCCC. The van der Waals surface area contributed by atoms with Crippen LogP contribution in [0.2, 0.25) is 0 Å². The zero-order valence-corrected chi connectivity index (χ0v) is 18.7. The van der Waals surface area contributed by atoms with Crippen LogP contribution >= 0.6 is 11.8 Å². The van der Waals surface area contributed by atoms with Crippen molar-refractivity contribution in [3.05, 3.63) is 0 Å². The Labute approximate surface area is 171 Å². The fourth-order valence-corrected chi connectivity index (χ4v) is 4.46. The van der Waals surface area contributed by atoms with Gasteiger partial charge in [0.05, 0.1) is 18.8 Å². The van der Waals surface area contributed by atoms with Gasteiger partial charge < -0.3 is 19.5 Å². The Balaban J connectivity index is 2.77. The molecule has 0 unspecified atom stereocenters. The van der Waals surface area contributed by atoms with Crippen molar-refractivity contribution in [1.82, 2.24) is 5.32 Å². The quantitative estimate of drug-likeness (QED) is 0.247. The van der Waals surface area contributed by atoms with Gasteiger partial charge in [-0.1, -0.05) is 51.8 Å². The number of rotatable bonds is 14. The van der Waals surface area contributed by atoms with Gasteiger partial charge in [0.15, 0.2) is 5.17 Å². The zero-order valence-electron chi connectivity index (χ0n) is 17.9. The molecule has 0 heterocycles. The Morgan fingerprint density at radius 2 is 1.59 bits per heavy atom. The molecule has 0 aromatic rings. The molecule has 27 heavy (non-hydrogen) atoms. The molecule has 1 saturated carbocycles. The molecule has 1 fully saturated rings. The van der Waals surface area contributed by atoms with Crippen LogP contribution in [-0.2, 0) is 14.2 Å². The summed E-state index contributed by atoms with van der Waals surface area (Å²) in [6.07, 6.45) is 8.88. The van der Waals surface area contributed by atoms with E-state index in [1.165, 1.54) is 0 Å². The fourth-order valence-electron chi connectivity index (χ4n) is 3.38. The zero-order chi connectivity index (χ0) is 19.9. The summed E-state index contributed by atoms with van der Waals surface area (Å²) >= 11 is 1.62. The molecule has 0 aromatic heterocycles. The molecule has 160 valence electrons. The van der Waals surface area contributed by atoms with Gasteiger partial charge in [-0.2, -0.15) is 0 Å². The first-order valence-corrected chi connectivity index (χ1v) is 11.8. The summed E-state index contributed by atoms with van der Waals surface area (Å²) in [6.45, 7) is 9.71. The van der Waals surface area contributed by atoms with Gasteiger partial charge in [0, 0.05) is 38.0 Å². The summed E-state index contributed by atoms with van der Waals surface area (Å²) in [6, 6.07) is 0. The van der Waals surface area contributed by atoms with E-state index in [2.05, 4.69) is 26.1 Å². The van der Waals surface area contributed by atoms with Crippen molar-refractivity contribution in [2.24, 2.45) is 5.92 Å². The summed E-state index contributed by atoms with van der Waals surface area (Å²) in [5, 5.41) is 11.9. The first-order valence-electron chi connectivity index (χ1n) is 10.9. The van der Waals surface area contributed by atoms with Gasteiger partial charge >= 0.3 is 0 Å². The first kappa shape index (κ1) is 24.7. The summed E-state index contributed by atoms with van der Waals surface area (Å²) in [4.78, 5) is 0. The van der Waals surface area contributed by atoms with Crippen molar-refractivity contribution in [1.29, 1.82) is 5.41 Å². The molecular formula is C21H42N2O3S. The van der Waals surface area contributed by atoms with Crippen LogP contribution in [0.25, 0.3) is 0 Å². The van der Waals surface area contributed by atoms with Gasteiger partial charge in [0.25, 0.3) is 0 Å². The number of hydrogen-bond acceptors (Lipinski definition) is 5. The smallest absolute Gasteiger partial charge is 0.153 e. The van der Waals surface area contributed by atoms with E-state index < -0.39 is 0 Å². The van der Waals surface area contributed by atoms with Crippen molar-refractivity contribution in [3.63, 3.8) is 0 Å². The minimum Gasteiger partial charge on any atom is -0.381 e. The summed E-state index contributed by atoms with van der Waals surface area (Å²) in [7, 11) is 1.81. The van der Waals surface area contributed by atoms with E-state index in [0.717, 1.165) is 77.8 Å². The molecule has 0 aromatic carbocycles. The standard InChI is InChI=1S/C21H42N2O3S/c1-5-8-11-24-16-17-14-18(27-21(22)23-4)15-19(25-12-9-6-2)20(17)26-13-10-7-3/h17-20H,5-16H2,1-4H3,(H2,22,23)/t17-,18+,19-,20-/m1/s1. The highest BCUT2D eigenvalue weighted by Gasteiger charge is 2.40. The van der Waals surface area contributed by atoms with Crippen molar-refractivity contribution in [2.75, 3.05) is 33.5 Å². The summed E-state index contributed by atoms with van der Waals surface area (Å²) in [5.74, 6) is 0.334.